The molecular weight excluding hydrogens is 326 g/mol. The van der Waals surface area contributed by atoms with E-state index in [2.05, 4.69) is 13.8 Å². The molecule has 26 heavy (non-hydrogen) atoms. The van der Waals surface area contributed by atoms with Crippen LogP contribution in [0.25, 0.3) is 21.5 Å². The van der Waals surface area contributed by atoms with Gasteiger partial charge in [-0.25, -0.2) is 8.78 Å². The van der Waals surface area contributed by atoms with E-state index in [1.165, 1.54) is 0 Å². The van der Waals surface area contributed by atoms with E-state index in [-0.39, 0.29) is 0 Å². The van der Waals surface area contributed by atoms with Crippen molar-refractivity contribution < 1.29 is 8.78 Å². The van der Waals surface area contributed by atoms with Crippen molar-refractivity contribution in [3.8, 4) is 0 Å². The van der Waals surface area contributed by atoms with Crippen LogP contribution in [-0.2, 0) is 0 Å². The van der Waals surface area contributed by atoms with Gasteiger partial charge in [-0.2, -0.15) is 0 Å². The average Bonchev–Trinajstić information content (AvgIpc) is 2.67. The zero-order chi connectivity index (χ0) is 18.5. The van der Waals surface area contributed by atoms with Gasteiger partial charge in [0.1, 0.15) is 12.3 Å². The van der Waals surface area contributed by atoms with Crippen LogP contribution in [0.5, 0.6) is 0 Å². The van der Waals surface area contributed by atoms with E-state index in [9.17, 15) is 8.78 Å². The van der Waals surface area contributed by atoms with Crippen molar-refractivity contribution in [3.05, 3.63) is 59.7 Å². The molecule has 0 aliphatic carbocycles. The van der Waals surface area contributed by atoms with Crippen molar-refractivity contribution in [2.45, 2.75) is 64.7 Å². The van der Waals surface area contributed by atoms with Crippen LogP contribution in [0.2, 0.25) is 0 Å². The second kappa shape index (κ2) is 8.62. The summed E-state index contributed by atoms with van der Waals surface area (Å²) in [7, 11) is 0. The molecule has 2 unspecified atom stereocenters. The summed E-state index contributed by atoms with van der Waals surface area (Å²) in [5.74, 6) is 0. The summed E-state index contributed by atoms with van der Waals surface area (Å²) in [5, 5.41) is 3.88. The molecule has 0 aliphatic rings. The van der Waals surface area contributed by atoms with Crippen LogP contribution in [0.1, 0.15) is 75.8 Å². The van der Waals surface area contributed by atoms with Gasteiger partial charge < -0.3 is 0 Å². The van der Waals surface area contributed by atoms with Crippen LogP contribution in [-0.4, -0.2) is 0 Å². The molecule has 3 aromatic carbocycles. The van der Waals surface area contributed by atoms with Gasteiger partial charge >= 0.3 is 0 Å². The number of benzene rings is 3. The van der Waals surface area contributed by atoms with Gasteiger partial charge in [-0.3, -0.25) is 0 Å². The lowest BCUT2D eigenvalue weighted by Crippen LogP contribution is -1.96. The highest BCUT2D eigenvalue weighted by Crippen LogP contribution is 2.36. The largest absolute Gasteiger partial charge is 0.242 e. The highest BCUT2D eigenvalue weighted by molar-refractivity contribution is 6.01. The van der Waals surface area contributed by atoms with Gasteiger partial charge in [0.05, 0.1) is 0 Å². The maximum atomic E-state index is 14.7. The fraction of sp³-hybridized carbons (Fsp3) is 0.417. The van der Waals surface area contributed by atoms with Crippen LogP contribution in [0.15, 0.2) is 48.5 Å². The topological polar surface area (TPSA) is 0 Å². The first-order chi connectivity index (χ1) is 12.7. The molecule has 3 aromatic rings. The standard InChI is InChI=1S/C24H28F2/c1-3-5-13-23(25)19-11-7-9-17-16-22-18(15-21(17)19)10-8-12-20(22)24(26)14-6-4-2/h7-12,15-16,23-24H,3-6,13-14H2,1-2H3. The maximum Gasteiger partial charge on any atom is 0.126 e. The first kappa shape index (κ1) is 18.8. The molecule has 0 N–H and O–H groups in total. The predicted octanol–water partition coefficient (Wildman–Crippen LogP) is 8.39. The van der Waals surface area contributed by atoms with Crippen LogP contribution >= 0.6 is 0 Å². The van der Waals surface area contributed by atoms with Crippen LogP contribution in [0, 0.1) is 0 Å². The van der Waals surface area contributed by atoms with Crippen LogP contribution in [0.4, 0.5) is 8.78 Å². The van der Waals surface area contributed by atoms with E-state index >= 15 is 0 Å². The summed E-state index contributed by atoms with van der Waals surface area (Å²) in [5.41, 5.74) is 1.51. The minimum Gasteiger partial charge on any atom is -0.242 e. The van der Waals surface area contributed by atoms with E-state index in [1.54, 1.807) is 0 Å². The molecular formula is C24H28F2. The Hall–Kier alpha value is -1.96. The zero-order valence-electron chi connectivity index (χ0n) is 15.8. The minimum absolute atomic E-state index is 0.553. The normalized spacial score (nSPS) is 14.0. The number of hydrogen-bond donors (Lipinski definition) is 0. The number of fused-ring (bicyclic) bond motifs is 2. The molecule has 0 fully saturated rings. The number of hydrogen-bond acceptors (Lipinski definition) is 0. The quantitative estimate of drug-likeness (QED) is 0.356. The van der Waals surface area contributed by atoms with Crippen molar-refractivity contribution in [2.75, 3.05) is 0 Å². The average molecular weight is 354 g/mol. The smallest absolute Gasteiger partial charge is 0.126 e. The number of alkyl halides is 2. The highest BCUT2D eigenvalue weighted by atomic mass is 19.1. The molecule has 0 spiro atoms. The van der Waals surface area contributed by atoms with Gasteiger partial charge in [0, 0.05) is 0 Å². The number of unbranched alkanes of at least 4 members (excludes halogenated alkanes) is 2. The summed E-state index contributed by atoms with van der Waals surface area (Å²) < 4.78 is 29.5. The van der Waals surface area contributed by atoms with Crippen LogP contribution < -0.4 is 0 Å². The van der Waals surface area contributed by atoms with Crippen molar-refractivity contribution in [1.29, 1.82) is 0 Å². The molecule has 3 rings (SSSR count). The molecule has 0 saturated heterocycles. The van der Waals surface area contributed by atoms with Gasteiger partial charge in [-0.05, 0) is 57.6 Å². The predicted molar refractivity (Wildman–Crippen MR) is 108 cm³/mol. The fourth-order valence-electron chi connectivity index (χ4n) is 3.72. The summed E-state index contributed by atoms with van der Waals surface area (Å²) in [4.78, 5) is 0. The Kier molecular flexibility index (Phi) is 6.24. The Morgan fingerprint density at radius 1 is 0.692 bits per heavy atom. The lowest BCUT2D eigenvalue weighted by atomic mass is 9.92. The van der Waals surface area contributed by atoms with E-state index in [0.29, 0.717) is 12.8 Å². The van der Waals surface area contributed by atoms with Gasteiger partial charge in [-0.15, -0.1) is 0 Å². The molecule has 0 heterocycles. The van der Waals surface area contributed by atoms with Gasteiger partial charge in [0.25, 0.3) is 0 Å². The SMILES string of the molecule is CCCCC(F)c1cccc2cc3c(C(F)CCCC)cccc3cc12. The third-order valence-corrected chi connectivity index (χ3v) is 5.24. The third-order valence-electron chi connectivity index (χ3n) is 5.24. The molecule has 0 saturated carbocycles. The second-order valence-electron chi connectivity index (χ2n) is 7.21. The first-order valence-electron chi connectivity index (χ1n) is 9.89. The fourth-order valence-corrected chi connectivity index (χ4v) is 3.72. The van der Waals surface area contributed by atoms with Crippen molar-refractivity contribution in [1.82, 2.24) is 0 Å². The molecule has 2 atom stereocenters. The lowest BCUT2D eigenvalue weighted by molar-refractivity contribution is 0.317. The summed E-state index contributed by atoms with van der Waals surface area (Å²) in [6.45, 7) is 4.16. The Morgan fingerprint density at radius 3 is 1.50 bits per heavy atom. The summed E-state index contributed by atoms with van der Waals surface area (Å²) >= 11 is 0. The lowest BCUT2D eigenvalue weighted by Gasteiger charge is -2.15. The van der Waals surface area contributed by atoms with Crippen molar-refractivity contribution in [2.24, 2.45) is 0 Å². The third kappa shape index (κ3) is 3.90. The highest BCUT2D eigenvalue weighted by Gasteiger charge is 2.16. The molecule has 0 radical (unpaired) electrons. The van der Waals surface area contributed by atoms with E-state index in [4.69, 9.17) is 0 Å². The first-order valence-corrected chi connectivity index (χ1v) is 9.89. The van der Waals surface area contributed by atoms with Crippen LogP contribution in [0.3, 0.4) is 0 Å². The Morgan fingerprint density at radius 2 is 1.12 bits per heavy atom. The second-order valence-corrected chi connectivity index (χ2v) is 7.21. The Labute approximate surface area is 155 Å². The van der Waals surface area contributed by atoms with Gasteiger partial charge in [0.2, 0.25) is 0 Å². The molecule has 0 aromatic heterocycles. The van der Waals surface area contributed by atoms with Gasteiger partial charge in [0.15, 0.2) is 0 Å². The molecule has 0 amide bonds. The van der Waals surface area contributed by atoms with Crippen molar-refractivity contribution >= 4 is 21.5 Å². The summed E-state index contributed by atoms with van der Waals surface area (Å²) in [6.07, 6.45) is 2.97. The molecule has 0 nitrogen and oxygen atoms in total. The molecule has 0 aliphatic heterocycles. The molecule has 0 bridgehead atoms. The maximum absolute atomic E-state index is 14.7. The molecule has 138 valence electrons. The molecule has 2 heteroatoms. The van der Waals surface area contributed by atoms with E-state index in [0.717, 1.165) is 58.4 Å². The number of halogens is 2. The summed E-state index contributed by atoms with van der Waals surface area (Å²) in [6, 6.07) is 15.7. The van der Waals surface area contributed by atoms with E-state index < -0.39 is 12.3 Å². The van der Waals surface area contributed by atoms with Crippen molar-refractivity contribution in [3.63, 3.8) is 0 Å². The Bertz CT molecular complexity index is 795. The Balaban J connectivity index is 2.08. The van der Waals surface area contributed by atoms with E-state index in [1.807, 2.05) is 48.5 Å². The minimum atomic E-state index is -0.947. The zero-order valence-corrected chi connectivity index (χ0v) is 15.8. The number of rotatable bonds is 8. The van der Waals surface area contributed by atoms with Gasteiger partial charge in [-0.1, -0.05) is 75.9 Å². The monoisotopic (exact) mass is 354 g/mol.